The Morgan fingerprint density at radius 1 is 0.929 bits per heavy atom. The highest BCUT2D eigenvalue weighted by Gasteiger charge is 2.21. The molecule has 28 heavy (non-hydrogen) atoms. The molecule has 3 rings (SSSR count). The highest BCUT2D eigenvalue weighted by molar-refractivity contribution is 6.01. The minimum Gasteiger partial charge on any atom is -0.497 e. The number of benzene rings is 2. The average Bonchev–Trinajstić information content (AvgIpc) is 3.10. The van der Waals surface area contributed by atoms with Crippen LogP contribution in [0.25, 0.3) is 11.0 Å². The molecular weight excluding hydrogens is 364 g/mol. The van der Waals surface area contributed by atoms with Crippen LogP contribution in [0.5, 0.6) is 11.5 Å². The topological polar surface area (TPSA) is 99.0 Å². The van der Waals surface area contributed by atoms with E-state index in [1.54, 1.807) is 12.1 Å². The van der Waals surface area contributed by atoms with Crippen LogP contribution in [0.3, 0.4) is 0 Å². The van der Waals surface area contributed by atoms with Crippen molar-refractivity contribution in [3.05, 3.63) is 59.4 Å². The maximum Gasteiger partial charge on any atom is 0.305 e. The summed E-state index contributed by atoms with van der Waals surface area (Å²) in [5.74, 6) is -0.140. The first kappa shape index (κ1) is 19.2. The number of nitrogens with one attached hydrogen (secondary N) is 2. The van der Waals surface area contributed by atoms with Gasteiger partial charge in [-0.2, -0.15) is 0 Å². The van der Waals surface area contributed by atoms with Gasteiger partial charge in [0.15, 0.2) is 5.76 Å². The summed E-state index contributed by atoms with van der Waals surface area (Å²) in [5, 5.41) is 0.776. The SMILES string of the molecule is COCc1c(C(=O)NNC(=O)c2cc(OC)cc(OC)c2)oc2ccccc12. The first-order valence-electron chi connectivity index (χ1n) is 8.40. The minimum absolute atomic E-state index is 0.0755. The summed E-state index contributed by atoms with van der Waals surface area (Å²) >= 11 is 0. The third-order valence-corrected chi connectivity index (χ3v) is 4.10. The van der Waals surface area contributed by atoms with E-state index >= 15 is 0 Å². The van der Waals surface area contributed by atoms with Gasteiger partial charge in [0.2, 0.25) is 0 Å². The smallest absolute Gasteiger partial charge is 0.305 e. The fraction of sp³-hybridized carbons (Fsp3) is 0.200. The van der Waals surface area contributed by atoms with Crippen molar-refractivity contribution in [3.63, 3.8) is 0 Å². The van der Waals surface area contributed by atoms with Gasteiger partial charge in [0.05, 0.1) is 20.8 Å². The zero-order chi connectivity index (χ0) is 20.1. The van der Waals surface area contributed by atoms with Gasteiger partial charge in [-0.25, -0.2) is 0 Å². The molecule has 3 aromatic rings. The quantitative estimate of drug-likeness (QED) is 0.634. The second-order valence-electron chi connectivity index (χ2n) is 5.85. The molecule has 0 saturated heterocycles. The molecule has 8 heteroatoms. The zero-order valence-electron chi connectivity index (χ0n) is 15.7. The van der Waals surface area contributed by atoms with Crippen LogP contribution >= 0.6 is 0 Å². The number of carbonyl (C=O) groups is 2. The molecule has 0 atom stereocenters. The van der Waals surface area contributed by atoms with Crippen LogP contribution in [0.15, 0.2) is 46.9 Å². The van der Waals surface area contributed by atoms with E-state index in [0.29, 0.717) is 22.6 Å². The van der Waals surface area contributed by atoms with Crippen molar-refractivity contribution in [2.45, 2.75) is 6.61 Å². The number of amides is 2. The average molecular weight is 384 g/mol. The number of hydrogen-bond acceptors (Lipinski definition) is 6. The summed E-state index contributed by atoms with van der Waals surface area (Å²) in [6.07, 6.45) is 0. The highest BCUT2D eigenvalue weighted by Crippen LogP contribution is 2.26. The van der Waals surface area contributed by atoms with Gasteiger partial charge in [-0.05, 0) is 18.2 Å². The fourth-order valence-corrected chi connectivity index (χ4v) is 2.75. The molecule has 0 radical (unpaired) electrons. The molecular formula is C20H20N2O6. The number of hydrazine groups is 1. The van der Waals surface area contributed by atoms with Gasteiger partial charge in [0, 0.05) is 29.7 Å². The van der Waals surface area contributed by atoms with Gasteiger partial charge >= 0.3 is 5.91 Å². The van der Waals surface area contributed by atoms with Crippen molar-refractivity contribution in [1.29, 1.82) is 0 Å². The minimum atomic E-state index is -0.591. The Kier molecular flexibility index (Phi) is 5.81. The lowest BCUT2D eigenvalue weighted by atomic mass is 10.1. The molecule has 1 heterocycles. The Bertz CT molecular complexity index is 989. The largest absolute Gasteiger partial charge is 0.497 e. The molecule has 0 saturated carbocycles. The molecule has 146 valence electrons. The van der Waals surface area contributed by atoms with Crippen LogP contribution in [0.4, 0.5) is 0 Å². The Balaban J connectivity index is 1.78. The molecule has 0 aliphatic heterocycles. The van der Waals surface area contributed by atoms with E-state index in [1.165, 1.54) is 33.5 Å². The van der Waals surface area contributed by atoms with E-state index in [0.717, 1.165) is 5.39 Å². The normalized spacial score (nSPS) is 10.5. The second-order valence-corrected chi connectivity index (χ2v) is 5.85. The van der Waals surface area contributed by atoms with E-state index in [9.17, 15) is 9.59 Å². The van der Waals surface area contributed by atoms with Crippen LogP contribution < -0.4 is 20.3 Å². The van der Waals surface area contributed by atoms with Crippen LogP contribution in [-0.2, 0) is 11.3 Å². The van der Waals surface area contributed by atoms with Crippen molar-refractivity contribution in [3.8, 4) is 11.5 Å². The molecule has 2 N–H and O–H groups in total. The number of carbonyl (C=O) groups excluding carboxylic acids is 2. The maximum atomic E-state index is 12.6. The number of hydrogen-bond donors (Lipinski definition) is 2. The Labute approximate surface area is 161 Å². The van der Waals surface area contributed by atoms with Gasteiger partial charge in [-0.1, -0.05) is 18.2 Å². The summed E-state index contributed by atoms with van der Waals surface area (Å²) in [5.41, 5.74) is 6.15. The first-order chi connectivity index (χ1) is 13.6. The van der Waals surface area contributed by atoms with Gasteiger partial charge < -0.3 is 18.6 Å². The molecule has 0 bridgehead atoms. The first-order valence-corrected chi connectivity index (χ1v) is 8.40. The van der Waals surface area contributed by atoms with E-state index in [1.807, 2.05) is 18.2 Å². The predicted molar refractivity (Wildman–Crippen MR) is 101 cm³/mol. The number of fused-ring (bicyclic) bond motifs is 1. The van der Waals surface area contributed by atoms with Crippen LogP contribution in [0.1, 0.15) is 26.5 Å². The Morgan fingerprint density at radius 2 is 1.57 bits per heavy atom. The van der Waals surface area contributed by atoms with Crippen molar-refractivity contribution in [2.75, 3.05) is 21.3 Å². The molecule has 1 aromatic heterocycles. The van der Waals surface area contributed by atoms with Crippen LogP contribution in [0.2, 0.25) is 0 Å². The molecule has 0 spiro atoms. The van der Waals surface area contributed by atoms with Crippen LogP contribution in [-0.4, -0.2) is 33.1 Å². The van der Waals surface area contributed by atoms with E-state index in [2.05, 4.69) is 10.9 Å². The monoisotopic (exact) mass is 384 g/mol. The highest BCUT2D eigenvalue weighted by atomic mass is 16.5. The number of methoxy groups -OCH3 is 3. The lowest BCUT2D eigenvalue weighted by Crippen LogP contribution is -2.41. The standard InChI is InChI=1S/C20H20N2O6/c1-25-11-16-15-6-4-5-7-17(15)28-18(16)20(24)22-21-19(23)12-8-13(26-2)10-14(9-12)27-3/h4-10H,11H2,1-3H3,(H,21,23)(H,22,24). The second kappa shape index (κ2) is 8.45. The van der Waals surface area contributed by atoms with E-state index < -0.39 is 11.8 Å². The van der Waals surface area contributed by atoms with Gasteiger partial charge in [-0.3, -0.25) is 20.4 Å². The van der Waals surface area contributed by atoms with Crippen molar-refractivity contribution in [1.82, 2.24) is 10.9 Å². The lowest BCUT2D eigenvalue weighted by Gasteiger charge is -2.10. The summed E-state index contributed by atoms with van der Waals surface area (Å²) in [4.78, 5) is 25.0. The fourth-order valence-electron chi connectivity index (χ4n) is 2.75. The predicted octanol–water partition coefficient (Wildman–Crippen LogP) is 2.67. The third-order valence-electron chi connectivity index (χ3n) is 4.10. The number of para-hydroxylation sites is 1. The Hall–Kier alpha value is -3.52. The number of rotatable bonds is 6. The zero-order valence-corrected chi connectivity index (χ0v) is 15.7. The summed E-state index contributed by atoms with van der Waals surface area (Å²) < 4.78 is 21.1. The Morgan fingerprint density at radius 3 is 2.21 bits per heavy atom. The molecule has 0 aliphatic carbocycles. The van der Waals surface area contributed by atoms with Crippen molar-refractivity contribution >= 4 is 22.8 Å². The van der Waals surface area contributed by atoms with Gasteiger partial charge in [0.25, 0.3) is 5.91 Å². The summed E-state index contributed by atoms with van der Waals surface area (Å²) in [7, 11) is 4.50. The maximum absolute atomic E-state index is 12.6. The van der Waals surface area contributed by atoms with E-state index in [-0.39, 0.29) is 17.9 Å². The number of ether oxygens (including phenoxy) is 3. The van der Waals surface area contributed by atoms with E-state index in [4.69, 9.17) is 18.6 Å². The van der Waals surface area contributed by atoms with Gasteiger partial charge in [-0.15, -0.1) is 0 Å². The van der Waals surface area contributed by atoms with Crippen molar-refractivity contribution < 1.29 is 28.2 Å². The molecule has 2 amide bonds. The molecule has 0 aliphatic rings. The van der Waals surface area contributed by atoms with Gasteiger partial charge in [0.1, 0.15) is 17.1 Å². The summed E-state index contributed by atoms with van der Waals surface area (Å²) in [6, 6.07) is 11.9. The molecule has 0 fully saturated rings. The molecule has 2 aromatic carbocycles. The lowest BCUT2D eigenvalue weighted by molar-refractivity contribution is 0.0828. The van der Waals surface area contributed by atoms with Crippen molar-refractivity contribution in [2.24, 2.45) is 0 Å². The summed E-state index contributed by atoms with van der Waals surface area (Å²) in [6.45, 7) is 0.195. The molecule has 0 unspecified atom stereocenters. The molecule has 8 nitrogen and oxygen atoms in total. The van der Waals surface area contributed by atoms with Crippen LogP contribution in [0, 0.1) is 0 Å². The number of furan rings is 1. The third kappa shape index (κ3) is 3.91.